The highest BCUT2D eigenvalue weighted by Crippen LogP contribution is 2.31. The Labute approximate surface area is 124 Å². The Morgan fingerprint density at radius 1 is 1.25 bits per heavy atom. The molecule has 1 aliphatic rings. The van der Waals surface area contributed by atoms with Crippen molar-refractivity contribution in [2.24, 2.45) is 11.8 Å². The second kappa shape index (κ2) is 6.80. The van der Waals surface area contributed by atoms with Crippen LogP contribution in [0.25, 0.3) is 0 Å². The van der Waals surface area contributed by atoms with Gasteiger partial charge in [0.15, 0.2) is 0 Å². The smallest absolute Gasteiger partial charge is 0.105 e. The minimum Gasteiger partial charge on any atom is -0.466 e. The lowest BCUT2D eigenvalue weighted by atomic mass is 9.81. The van der Waals surface area contributed by atoms with Crippen LogP contribution in [0.4, 0.5) is 0 Å². The molecule has 0 aromatic carbocycles. The minimum absolute atomic E-state index is 0.398. The van der Waals surface area contributed by atoms with Gasteiger partial charge in [-0.2, -0.15) is 0 Å². The quantitative estimate of drug-likeness (QED) is 0.805. The van der Waals surface area contributed by atoms with E-state index in [0.29, 0.717) is 12.1 Å². The number of nitrogens with one attached hydrogen (secondary N) is 1. The summed E-state index contributed by atoms with van der Waals surface area (Å²) in [6.45, 7) is 11.1. The van der Waals surface area contributed by atoms with E-state index in [1.807, 2.05) is 6.92 Å². The third kappa shape index (κ3) is 4.12. The topological polar surface area (TPSA) is 25.2 Å². The molecule has 2 rings (SSSR count). The first-order chi connectivity index (χ1) is 9.45. The van der Waals surface area contributed by atoms with E-state index in [9.17, 15) is 0 Å². The first kappa shape index (κ1) is 15.6. The number of hydrogen-bond acceptors (Lipinski definition) is 2. The van der Waals surface area contributed by atoms with Crippen LogP contribution in [0.5, 0.6) is 0 Å². The summed E-state index contributed by atoms with van der Waals surface area (Å²) in [6.07, 6.45) is 6.86. The van der Waals surface area contributed by atoms with Gasteiger partial charge in [0.25, 0.3) is 0 Å². The molecule has 1 heterocycles. The van der Waals surface area contributed by atoms with Crippen molar-refractivity contribution in [3.63, 3.8) is 0 Å². The van der Waals surface area contributed by atoms with E-state index in [1.54, 1.807) is 0 Å². The molecule has 0 bridgehead atoms. The molecule has 0 saturated heterocycles. The van der Waals surface area contributed by atoms with Gasteiger partial charge in [0.05, 0.1) is 0 Å². The van der Waals surface area contributed by atoms with Crippen LogP contribution >= 0.6 is 0 Å². The van der Waals surface area contributed by atoms with Crippen molar-refractivity contribution in [2.75, 3.05) is 0 Å². The van der Waals surface area contributed by atoms with E-state index in [2.05, 4.69) is 39.1 Å². The molecule has 1 N–H and O–H groups in total. The van der Waals surface area contributed by atoms with Gasteiger partial charge in [-0.15, -0.1) is 0 Å². The standard InChI is InChI=1S/C18H31NO/c1-12(2)9-16-7-6-8-17(11-16)19-14(4)18-10-13(3)20-15(18)5/h10,12,14,16-17,19H,6-9,11H2,1-5H3. The zero-order valence-electron chi connectivity index (χ0n) is 13.8. The third-order valence-electron chi connectivity index (χ3n) is 4.62. The first-order valence-electron chi connectivity index (χ1n) is 8.28. The monoisotopic (exact) mass is 277 g/mol. The van der Waals surface area contributed by atoms with Crippen LogP contribution in [0.2, 0.25) is 0 Å². The maximum Gasteiger partial charge on any atom is 0.105 e. The minimum atomic E-state index is 0.398. The zero-order valence-corrected chi connectivity index (χ0v) is 13.8. The summed E-state index contributed by atoms with van der Waals surface area (Å²) in [5, 5.41) is 3.83. The zero-order chi connectivity index (χ0) is 14.7. The number of rotatable bonds is 5. The molecule has 20 heavy (non-hydrogen) atoms. The highest BCUT2D eigenvalue weighted by molar-refractivity contribution is 5.23. The van der Waals surface area contributed by atoms with E-state index in [1.165, 1.54) is 37.7 Å². The Bertz CT molecular complexity index is 421. The normalized spacial score (nSPS) is 25.1. The predicted molar refractivity (Wildman–Crippen MR) is 84.9 cm³/mol. The van der Waals surface area contributed by atoms with Crippen LogP contribution in [0.15, 0.2) is 10.5 Å². The van der Waals surface area contributed by atoms with Gasteiger partial charge in [-0.05, 0) is 57.9 Å². The van der Waals surface area contributed by atoms with E-state index < -0.39 is 0 Å². The third-order valence-corrected chi connectivity index (χ3v) is 4.62. The molecule has 1 fully saturated rings. The average Bonchev–Trinajstić information content (AvgIpc) is 2.68. The summed E-state index contributed by atoms with van der Waals surface area (Å²) in [5.74, 6) is 3.83. The predicted octanol–water partition coefficient (Wildman–Crippen LogP) is 5.15. The molecule has 1 aromatic rings. The number of furan rings is 1. The summed E-state index contributed by atoms with van der Waals surface area (Å²) >= 11 is 0. The molecule has 0 aliphatic heterocycles. The lowest BCUT2D eigenvalue weighted by molar-refractivity contribution is 0.242. The molecule has 1 aromatic heterocycles. The van der Waals surface area contributed by atoms with Crippen molar-refractivity contribution < 1.29 is 4.42 Å². The fraction of sp³-hybridized carbons (Fsp3) is 0.778. The number of aryl methyl sites for hydroxylation is 2. The van der Waals surface area contributed by atoms with Crippen molar-refractivity contribution in [1.29, 1.82) is 0 Å². The summed E-state index contributed by atoms with van der Waals surface area (Å²) in [7, 11) is 0. The van der Waals surface area contributed by atoms with Gasteiger partial charge in [0.1, 0.15) is 11.5 Å². The Hall–Kier alpha value is -0.760. The van der Waals surface area contributed by atoms with Gasteiger partial charge in [-0.3, -0.25) is 0 Å². The molecule has 0 radical (unpaired) electrons. The fourth-order valence-corrected chi connectivity index (χ4v) is 3.85. The molecule has 2 heteroatoms. The summed E-state index contributed by atoms with van der Waals surface area (Å²) in [4.78, 5) is 0. The van der Waals surface area contributed by atoms with Crippen molar-refractivity contribution in [3.8, 4) is 0 Å². The van der Waals surface area contributed by atoms with Crippen LogP contribution < -0.4 is 5.32 Å². The molecule has 0 spiro atoms. The van der Waals surface area contributed by atoms with E-state index in [4.69, 9.17) is 4.42 Å². The highest BCUT2D eigenvalue weighted by Gasteiger charge is 2.24. The SMILES string of the molecule is Cc1cc(C(C)NC2CCCC(CC(C)C)C2)c(C)o1. The Balaban J connectivity index is 1.90. The van der Waals surface area contributed by atoms with E-state index in [-0.39, 0.29) is 0 Å². The van der Waals surface area contributed by atoms with Crippen LogP contribution in [-0.4, -0.2) is 6.04 Å². The van der Waals surface area contributed by atoms with Crippen molar-refractivity contribution >= 4 is 0 Å². The maximum atomic E-state index is 5.66. The molecular weight excluding hydrogens is 246 g/mol. The van der Waals surface area contributed by atoms with Gasteiger partial charge in [-0.1, -0.05) is 26.7 Å². The molecular formula is C18H31NO. The lowest BCUT2D eigenvalue weighted by Gasteiger charge is -2.32. The first-order valence-corrected chi connectivity index (χ1v) is 8.28. The van der Waals surface area contributed by atoms with Gasteiger partial charge >= 0.3 is 0 Å². The van der Waals surface area contributed by atoms with Gasteiger partial charge in [-0.25, -0.2) is 0 Å². The maximum absolute atomic E-state index is 5.66. The van der Waals surface area contributed by atoms with Crippen LogP contribution in [0.1, 0.15) is 76.0 Å². The average molecular weight is 277 g/mol. The largest absolute Gasteiger partial charge is 0.466 e. The highest BCUT2D eigenvalue weighted by atomic mass is 16.3. The fourth-order valence-electron chi connectivity index (χ4n) is 3.85. The summed E-state index contributed by atoms with van der Waals surface area (Å²) in [6, 6.07) is 3.26. The number of hydrogen-bond donors (Lipinski definition) is 1. The second-order valence-electron chi connectivity index (χ2n) is 7.12. The lowest BCUT2D eigenvalue weighted by Crippen LogP contribution is -2.36. The molecule has 2 nitrogen and oxygen atoms in total. The van der Waals surface area contributed by atoms with E-state index in [0.717, 1.165) is 23.4 Å². The molecule has 0 amide bonds. The van der Waals surface area contributed by atoms with Crippen molar-refractivity contribution in [3.05, 3.63) is 23.2 Å². The van der Waals surface area contributed by atoms with Crippen molar-refractivity contribution in [1.82, 2.24) is 5.32 Å². The molecule has 1 saturated carbocycles. The Morgan fingerprint density at radius 3 is 2.60 bits per heavy atom. The summed E-state index contributed by atoms with van der Waals surface area (Å²) < 4.78 is 5.66. The van der Waals surface area contributed by atoms with Crippen LogP contribution in [-0.2, 0) is 0 Å². The van der Waals surface area contributed by atoms with Gasteiger partial charge in [0, 0.05) is 17.6 Å². The van der Waals surface area contributed by atoms with Crippen molar-refractivity contribution in [2.45, 2.75) is 78.8 Å². The molecule has 3 unspecified atom stereocenters. The second-order valence-corrected chi connectivity index (χ2v) is 7.12. The molecule has 3 atom stereocenters. The van der Waals surface area contributed by atoms with Crippen LogP contribution in [0.3, 0.4) is 0 Å². The Kier molecular flexibility index (Phi) is 5.31. The van der Waals surface area contributed by atoms with Crippen LogP contribution in [0, 0.1) is 25.7 Å². The van der Waals surface area contributed by atoms with Gasteiger partial charge in [0.2, 0.25) is 0 Å². The van der Waals surface area contributed by atoms with Gasteiger partial charge < -0.3 is 9.73 Å². The Morgan fingerprint density at radius 2 is 2.00 bits per heavy atom. The molecule has 1 aliphatic carbocycles. The summed E-state index contributed by atoms with van der Waals surface area (Å²) in [5.41, 5.74) is 1.33. The van der Waals surface area contributed by atoms with E-state index >= 15 is 0 Å². The molecule has 114 valence electrons.